The second kappa shape index (κ2) is 17.5. The van der Waals surface area contributed by atoms with Crippen LogP contribution in [0.2, 0.25) is 0 Å². The van der Waals surface area contributed by atoms with Gasteiger partial charge in [0.05, 0.1) is 0 Å². The molecule has 1 saturated heterocycles. The van der Waals surface area contributed by atoms with E-state index in [4.69, 9.17) is 0 Å². The van der Waals surface area contributed by atoms with Crippen LogP contribution in [-0.2, 0) is 9.59 Å². The van der Waals surface area contributed by atoms with E-state index >= 15 is 0 Å². The molecule has 216 valence electrons. The van der Waals surface area contributed by atoms with E-state index in [1.54, 1.807) is 0 Å². The summed E-state index contributed by atoms with van der Waals surface area (Å²) in [5.41, 5.74) is 2.28. The number of nitrogens with zero attached hydrogens (tertiary/aromatic N) is 2. The van der Waals surface area contributed by atoms with Crippen molar-refractivity contribution in [3.8, 4) is 0 Å². The van der Waals surface area contributed by atoms with Crippen LogP contribution in [0.5, 0.6) is 0 Å². The number of hydrogen-bond donors (Lipinski definition) is 1. The molecule has 0 saturated carbocycles. The molecule has 1 N–H and O–H groups in total. The van der Waals surface area contributed by atoms with Crippen molar-refractivity contribution in [1.82, 2.24) is 4.90 Å². The average Bonchev–Trinajstić information content (AvgIpc) is 2.86. The molecule has 5 nitrogen and oxygen atoms in total. The Balaban J connectivity index is 1.59. The number of hydrogen-bond acceptors (Lipinski definition) is 3. The zero-order valence-electron chi connectivity index (χ0n) is 25.3. The van der Waals surface area contributed by atoms with Gasteiger partial charge in [-0.2, -0.15) is 0 Å². The highest BCUT2D eigenvalue weighted by Gasteiger charge is 2.24. The SMILES string of the molecule is CCCCCCCCCCCCCC(=O)Nc1ccc(N2CCN(C(=O)CC(C)CC(C)(C)C)CC2)cc1. The molecule has 1 aliphatic rings. The zero-order chi connectivity index (χ0) is 27.8. The van der Waals surface area contributed by atoms with Crippen LogP contribution in [0.15, 0.2) is 24.3 Å². The molecule has 1 aromatic rings. The normalized spacial score (nSPS) is 15.0. The molecule has 0 bridgehead atoms. The van der Waals surface area contributed by atoms with Gasteiger partial charge in [0, 0.05) is 50.4 Å². The van der Waals surface area contributed by atoms with Gasteiger partial charge in [-0.1, -0.05) is 98.8 Å². The number of rotatable bonds is 17. The highest BCUT2D eigenvalue weighted by atomic mass is 16.2. The van der Waals surface area contributed by atoms with Gasteiger partial charge < -0.3 is 15.1 Å². The molecule has 1 atom stereocenters. The molecule has 5 heteroatoms. The summed E-state index contributed by atoms with van der Waals surface area (Å²) in [4.78, 5) is 29.5. The first-order valence-electron chi connectivity index (χ1n) is 15.6. The summed E-state index contributed by atoms with van der Waals surface area (Å²) < 4.78 is 0. The topological polar surface area (TPSA) is 52.7 Å². The standard InChI is InChI=1S/C33H57N3O2/c1-6-7-8-9-10-11-12-13-14-15-16-17-31(37)34-29-18-20-30(21-19-29)35-22-24-36(25-23-35)32(38)26-28(2)27-33(3,4)5/h18-21,28H,6-17,22-27H2,1-5H3,(H,34,37). The fourth-order valence-electron chi connectivity index (χ4n) is 5.69. The maximum Gasteiger partial charge on any atom is 0.224 e. The van der Waals surface area contributed by atoms with E-state index < -0.39 is 0 Å². The van der Waals surface area contributed by atoms with E-state index in [1.807, 2.05) is 17.0 Å². The lowest BCUT2D eigenvalue weighted by Crippen LogP contribution is -2.49. The van der Waals surface area contributed by atoms with E-state index in [0.717, 1.165) is 56.8 Å². The molecule has 1 fully saturated rings. The summed E-state index contributed by atoms with van der Waals surface area (Å²) in [6.07, 6.45) is 16.5. The van der Waals surface area contributed by atoms with Crippen molar-refractivity contribution in [3.05, 3.63) is 24.3 Å². The van der Waals surface area contributed by atoms with Crippen LogP contribution in [0.3, 0.4) is 0 Å². The molecule has 2 rings (SSSR count). The van der Waals surface area contributed by atoms with Crippen LogP contribution >= 0.6 is 0 Å². The van der Waals surface area contributed by atoms with Crippen molar-refractivity contribution >= 4 is 23.2 Å². The smallest absolute Gasteiger partial charge is 0.224 e. The minimum Gasteiger partial charge on any atom is -0.368 e. The van der Waals surface area contributed by atoms with Crippen molar-refractivity contribution in [2.75, 3.05) is 36.4 Å². The monoisotopic (exact) mass is 527 g/mol. The van der Waals surface area contributed by atoms with Crippen molar-refractivity contribution in [1.29, 1.82) is 0 Å². The van der Waals surface area contributed by atoms with Crippen LogP contribution in [0.4, 0.5) is 11.4 Å². The minimum atomic E-state index is 0.112. The molecule has 1 aliphatic heterocycles. The number of benzene rings is 1. The number of nitrogens with one attached hydrogen (secondary N) is 1. The van der Waals surface area contributed by atoms with Gasteiger partial charge in [0.2, 0.25) is 11.8 Å². The highest BCUT2D eigenvalue weighted by molar-refractivity contribution is 5.90. The number of amides is 2. The Morgan fingerprint density at radius 1 is 0.816 bits per heavy atom. The third-order valence-corrected chi connectivity index (χ3v) is 7.64. The predicted molar refractivity (Wildman–Crippen MR) is 163 cm³/mol. The Hall–Kier alpha value is -2.04. The number of carbonyl (C=O) groups is 2. The summed E-state index contributed by atoms with van der Waals surface area (Å²) in [5.74, 6) is 0.817. The first kappa shape index (κ1) is 32.2. The lowest BCUT2D eigenvalue weighted by Gasteiger charge is -2.37. The van der Waals surface area contributed by atoms with E-state index in [2.05, 4.69) is 57.0 Å². The van der Waals surface area contributed by atoms with Gasteiger partial charge in [0.15, 0.2) is 0 Å². The van der Waals surface area contributed by atoms with Gasteiger partial charge in [-0.25, -0.2) is 0 Å². The second-order valence-electron chi connectivity index (χ2n) is 12.8. The Morgan fingerprint density at radius 3 is 1.87 bits per heavy atom. The summed E-state index contributed by atoms with van der Waals surface area (Å²) in [5, 5.41) is 3.05. The van der Waals surface area contributed by atoms with Gasteiger partial charge in [-0.05, 0) is 48.4 Å². The van der Waals surface area contributed by atoms with E-state index in [-0.39, 0.29) is 17.2 Å². The van der Waals surface area contributed by atoms with Crippen LogP contribution in [0.25, 0.3) is 0 Å². The molecule has 2 amide bonds. The van der Waals surface area contributed by atoms with Gasteiger partial charge in [0.25, 0.3) is 0 Å². The maximum absolute atomic E-state index is 12.7. The molecule has 38 heavy (non-hydrogen) atoms. The summed E-state index contributed by atoms with van der Waals surface area (Å²) in [6, 6.07) is 8.17. The number of anilines is 2. The highest BCUT2D eigenvalue weighted by Crippen LogP contribution is 2.27. The number of carbonyl (C=O) groups excluding carboxylic acids is 2. The molecule has 1 unspecified atom stereocenters. The molecule has 0 aromatic heterocycles. The van der Waals surface area contributed by atoms with Crippen LogP contribution in [0.1, 0.15) is 125 Å². The van der Waals surface area contributed by atoms with Crippen LogP contribution in [0, 0.1) is 11.3 Å². The fourth-order valence-corrected chi connectivity index (χ4v) is 5.69. The Morgan fingerprint density at radius 2 is 1.34 bits per heavy atom. The first-order valence-corrected chi connectivity index (χ1v) is 15.6. The van der Waals surface area contributed by atoms with Gasteiger partial charge >= 0.3 is 0 Å². The van der Waals surface area contributed by atoms with Crippen LogP contribution in [-0.4, -0.2) is 42.9 Å². The van der Waals surface area contributed by atoms with Gasteiger partial charge in [0.1, 0.15) is 0 Å². The largest absolute Gasteiger partial charge is 0.368 e. The number of unbranched alkanes of at least 4 members (excludes halogenated alkanes) is 10. The maximum atomic E-state index is 12.7. The zero-order valence-corrected chi connectivity index (χ0v) is 25.3. The Labute approximate surface area is 234 Å². The summed E-state index contributed by atoms with van der Waals surface area (Å²) in [6.45, 7) is 14.4. The predicted octanol–water partition coefficient (Wildman–Crippen LogP) is 8.44. The van der Waals surface area contributed by atoms with E-state index in [9.17, 15) is 9.59 Å². The van der Waals surface area contributed by atoms with E-state index in [0.29, 0.717) is 18.8 Å². The van der Waals surface area contributed by atoms with Crippen molar-refractivity contribution < 1.29 is 9.59 Å². The number of piperazine rings is 1. The Bertz CT molecular complexity index is 791. The Kier molecular flexibility index (Phi) is 14.8. The van der Waals surface area contributed by atoms with Crippen molar-refractivity contribution in [2.24, 2.45) is 11.3 Å². The quantitative estimate of drug-likeness (QED) is 0.207. The van der Waals surface area contributed by atoms with Gasteiger partial charge in [-0.15, -0.1) is 0 Å². The summed E-state index contributed by atoms with van der Waals surface area (Å²) >= 11 is 0. The molecule has 0 aliphatic carbocycles. The molecular weight excluding hydrogens is 470 g/mol. The lowest BCUT2D eigenvalue weighted by atomic mass is 9.84. The van der Waals surface area contributed by atoms with Gasteiger partial charge in [-0.3, -0.25) is 9.59 Å². The van der Waals surface area contributed by atoms with E-state index in [1.165, 1.54) is 57.8 Å². The second-order valence-corrected chi connectivity index (χ2v) is 12.8. The van der Waals surface area contributed by atoms with Crippen molar-refractivity contribution in [3.63, 3.8) is 0 Å². The molecular formula is C33H57N3O2. The van der Waals surface area contributed by atoms with Crippen LogP contribution < -0.4 is 10.2 Å². The molecule has 0 spiro atoms. The average molecular weight is 528 g/mol. The molecule has 0 radical (unpaired) electrons. The molecule has 1 heterocycles. The lowest BCUT2D eigenvalue weighted by molar-refractivity contribution is -0.132. The third kappa shape index (κ3) is 13.7. The minimum absolute atomic E-state index is 0.112. The third-order valence-electron chi connectivity index (χ3n) is 7.64. The van der Waals surface area contributed by atoms with Crippen molar-refractivity contribution in [2.45, 2.75) is 125 Å². The fraction of sp³-hybridized carbons (Fsp3) is 0.758. The summed E-state index contributed by atoms with van der Waals surface area (Å²) in [7, 11) is 0. The molecule has 1 aromatic carbocycles. The first-order chi connectivity index (χ1) is 18.2.